The molecule has 1 aliphatic rings. The minimum Gasteiger partial charge on any atom is -0.480 e. The van der Waals surface area contributed by atoms with Crippen molar-refractivity contribution < 1.29 is 29.0 Å². The number of esters is 1. The minimum atomic E-state index is -0.913. The first kappa shape index (κ1) is 24.9. The van der Waals surface area contributed by atoms with E-state index in [0.29, 0.717) is 24.7 Å². The fourth-order valence-electron chi connectivity index (χ4n) is 1.63. The summed E-state index contributed by atoms with van der Waals surface area (Å²) in [5.74, 6) is -0.630. The SMILES string of the molecule is CC(C)C[C@@H](N)C(=O)O.CC(C)C[C@H]1NC(=O)OC1=O.O=C(Cl)Cl. The largest absolute Gasteiger partial charge is 0.480 e. The molecule has 0 aromatic heterocycles. The standard InChI is InChI=1S/C7H11NO3.C6H13NO2.CCl2O/c1-4(2)3-5-6(9)11-7(10)8-5;1-4(2)3-5(7)6(8)9;2-1(3)4/h4-5H,3H2,1-2H3,(H,8,10);4-5H,3,7H2,1-2H3,(H,8,9);/t2*5-;/m11./s1. The molecule has 4 N–H and O–H groups in total. The van der Waals surface area contributed by atoms with Gasteiger partial charge < -0.3 is 20.9 Å². The molecule has 0 aliphatic carbocycles. The number of ether oxygens (including phenoxy) is 1. The quantitative estimate of drug-likeness (QED) is 0.375. The Morgan fingerprint density at radius 1 is 1.21 bits per heavy atom. The molecule has 1 amide bonds. The van der Waals surface area contributed by atoms with Crippen molar-refractivity contribution in [2.75, 3.05) is 0 Å². The van der Waals surface area contributed by atoms with Gasteiger partial charge in [0.2, 0.25) is 0 Å². The smallest absolute Gasteiger partial charge is 0.415 e. The van der Waals surface area contributed by atoms with Gasteiger partial charge in [-0.3, -0.25) is 9.59 Å². The zero-order chi connectivity index (χ0) is 19.4. The number of carboxylic acids is 1. The third-order valence-electron chi connectivity index (χ3n) is 2.52. The summed E-state index contributed by atoms with van der Waals surface area (Å²) in [7, 11) is 0. The predicted octanol–water partition coefficient (Wildman–Crippen LogP) is 2.70. The maximum Gasteiger partial charge on any atom is 0.415 e. The molecule has 1 rings (SSSR count). The molecule has 0 aromatic carbocycles. The van der Waals surface area contributed by atoms with Gasteiger partial charge in [0, 0.05) is 0 Å². The average molecular weight is 387 g/mol. The van der Waals surface area contributed by atoms with Gasteiger partial charge in [0.05, 0.1) is 0 Å². The number of rotatable bonds is 5. The van der Waals surface area contributed by atoms with Crippen LogP contribution in [0.25, 0.3) is 0 Å². The van der Waals surface area contributed by atoms with E-state index < -0.39 is 34.8 Å². The molecule has 0 unspecified atom stereocenters. The van der Waals surface area contributed by atoms with Gasteiger partial charge in [-0.2, -0.15) is 0 Å². The second-order valence-electron chi connectivity index (χ2n) is 5.84. The third-order valence-corrected chi connectivity index (χ3v) is 2.52. The number of hydrogen-bond acceptors (Lipinski definition) is 6. The van der Waals surface area contributed by atoms with Crippen molar-refractivity contribution in [3.8, 4) is 0 Å². The Hall–Kier alpha value is -1.38. The van der Waals surface area contributed by atoms with Gasteiger partial charge in [-0.05, 0) is 47.9 Å². The molecule has 1 aliphatic heterocycles. The predicted molar refractivity (Wildman–Crippen MR) is 90.0 cm³/mol. The zero-order valence-corrected chi connectivity index (χ0v) is 15.6. The lowest BCUT2D eigenvalue weighted by Crippen LogP contribution is -2.31. The van der Waals surface area contributed by atoms with Crippen LogP contribution in [-0.2, 0) is 14.3 Å². The van der Waals surface area contributed by atoms with Gasteiger partial charge in [0.15, 0.2) is 0 Å². The molecule has 0 saturated carbocycles. The number of carbonyl (C=O) groups excluding carboxylic acids is 3. The monoisotopic (exact) mass is 386 g/mol. The molecule has 8 nitrogen and oxygen atoms in total. The first-order valence-corrected chi connectivity index (χ1v) is 7.97. The molecule has 0 spiro atoms. The molecule has 10 heteroatoms. The highest BCUT2D eigenvalue weighted by Gasteiger charge is 2.32. The van der Waals surface area contributed by atoms with Gasteiger partial charge in [-0.15, -0.1) is 0 Å². The lowest BCUT2D eigenvalue weighted by atomic mass is 10.0. The highest BCUT2D eigenvalue weighted by atomic mass is 35.5. The summed E-state index contributed by atoms with van der Waals surface area (Å²) < 4.78 is 3.40. The van der Waals surface area contributed by atoms with Gasteiger partial charge in [0.25, 0.3) is 0 Å². The van der Waals surface area contributed by atoms with Crippen molar-refractivity contribution in [1.29, 1.82) is 0 Å². The van der Waals surface area contributed by atoms with Crippen molar-refractivity contribution in [3.63, 3.8) is 0 Å². The number of carboxylic acid groups (broad SMARTS) is 1. The summed E-state index contributed by atoms with van der Waals surface area (Å²) in [6.45, 7) is 7.86. The molecule has 0 aromatic rings. The van der Waals surface area contributed by atoms with E-state index >= 15 is 0 Å². The Kier molecular flexibility index (Phi) is 13.4. The number of nitrogens with two attached hydrogens (primary N) is 1. The molecular formula is C14H24Cl2N2O6. The van der Waals surface area contributed by atoms with Gasteiger partial charge >= 0.3 is 22.7 Å². The van der Waals surface area contributed by atoms with Crippen LogP contribution in [0.15, 0.2) is 0 Å². The van der Waals surface area contributed by atoms with Crippen LogP contribution in [0, 0.1) is 11.8 Å². The Morgan fingerprint density at radius 2 is 1.67 bits per heavy atom. The van der Waals surface area contributed by atoms with Crippen LogP contribution in [-0.4, -0.2) is 39.9 Å². The Balaban J connectivity index is 0. The third kappa shape index (κ3) is 15.5. The first-order chi connectivity index (χ1) is 10.9. The second-order valence-corrected chi connectivity index (χ2v) is 6.72. The summed E-state index contributed by atoms with van der Waals surface area (Å²) in [6.07, 6.45) is 0.570. The maximum absolute atomic E-state index is 10.8. The van der Waals surface area contributed by atoms with Crippen molar-refractivity contribution >= 4 is 45.9 Å². The molecule has 2 atom stereocenters. The molecule has 0 bridgehead atoms. The number of amides is 1. The number of aliphatic carboxylic acids is 1. The molecule has 1 saturated heterocycles. The van der Waals surface area contributed by atoms with Gasteiger partial charge in [0.1, 0.15) is 12.1 Å². The fraction of sp³-hybridized carbons (Fsp3) is 0.714. The van der Waals surface area contributed by atoms with Gasteiger partial charge in [-0.25, -0.2) is 9.59 Å². The first-order valence-electron chi connectivity index (χ1n) is 7.22. The second kappa shape index (κ2) is 13.0. The van der Waals surface area contributed by atoms with E-state index in [-0.39, 0.29) is 0 Å². The van der Waals surface area contributed by atoms with E-state index in [1.54, 1.807) is 0 Å². The van der Waals surface area contributed by atoms with Crippen LogP contribution in [0.4, 0.5) is 9.59 Å². The number of nitrogens with one attached hydrogen (secondary N) is 1. The van der Waals surface area contributed by atoms with E-state index in [0.717, 1.165) is 0 Å². The van der Waals surface area contributed by atoms with Crippen molar-refractivity contribution in [2.24, 2.45) is 17.6 Å². The Bertz CT molecular complexity index is 439. The fourth-order valence-corrected chi connectivity index (χ4v) is 1.63. The van der Waals surface area contributed by atoms with Crippen LogP contribution in [0.2, 0.25) is 0 Å². The van der Waals surface area contributed by atoms with Crippen molar-refractivity contribution in [2.45, 2.75) is 52.6 Å². The van der Waals surface area contributed by atoms with E-state index in [4.69, 9.17) is 15.6 Å². The zero-order valence-electron chi connectivity index (χ0n) is 14.0. The van der Waals surface area contributed by atoms with Crippen LogP contribution >= 0.6 is 23.2 Å². The molecule has 1 heterocycles. The topological polar surface area (TPSA) is 136 Å². The summed E-state index contributed by atoms with van der Waals surface area (Å²) in [5, 5.41) is 10.7. The van der Waals surface area contributed by atoms with Crippen LogP contribution in [0.3, 0.4) is 0 Å². The highest BCUT2D eigenvalue weighted by Crippen LogP contribution is 2.10. The molecular weight excluding hydrogens is 363 g/mol. The summed E-state index contributed by atoms with van der Waals surface area (Å²) in [5.41, 5.74) is 5.22. The van der Waals surface area contributed by atoms with Crippen molar-refractivity contribution in [3.05, 3.63) is 0 Å². The summed E-state index contributed by atoms with van der Waals surface area (Å²) >= 11 is 8.80. The molecule has 0 radical (unpaired) electrons. The minimum absolute atomic E-state index is 0.357. The number of carbonyl (C=O) groups is 4. The van der Waals surface area contributed by atoms with E-state index in [2.05, 4.69) is 33.3 Å². The number of hydrogen-bond donors (Lipinski definition) is 3. The van der Waals surface area contributed by atoms with Crippen LogP contribution in [0.1, 0.15) is 40.5 Å². The lowest BCUT2D eigenvalue weighted by Gasteiger charge is -2.07. The lowest BCUT2D eigenvalue weighted by molar-refractivity contribution is -0.139. The number of halogens is 2. The Morgan fingerprint density at radius 3 is 1.88 bits per heavy atom. The maximum atomic E-state index is 10.8. The summed E-state index contributed by atoms with van der Waals surface area (Å²) in [4.78, 5) is 40.4. The van der Waals surface area contributed by atoms with Crippen molar-refractivity contribution in [1.82, 2.24) is 5.32 Å². The number of cyclic esters (lactones) is 2. The van der Waals surface area contributed by atoms with Gasteiger partial charge in [-0.1, -0.05) is 27.7 Å². The van der Waals surface area contributed by atoms with Crippen LogP contribution in [0.5, 0.6) is 0 Å². The number of alkyl carbamates (subject to hydrolysis) is 1. The Labute approximate surface area is 151 Å². The average Bonchev–Trinajstić information content (AvgIpc) is 2.65. The van der Waals surface area contributed by atoms with E-state index in [9.17, 15) is 14.4 Å². The van der Waals surface area contributed by atoms with E-state index in [1.807, 2.05) is 27.7 Å². The van der Waals surface area contributed by atoms with Crippen LogP contribution < -0.4 is 11.1 Å². The molecule has 1 fully saturated rings. The molecule has 24 heavy (non-hydrogen) atoms. The summed E-state index contributed by atoms with van der Waals surface area (Å²) in [6, 6.07) is -1.12. The highest BCUT2D eigenvalue weighted by molar-refractivity contribution is 6.93. The van der Waals surface area contributed by atoms with E-state index in [1.165, 1.54) is 0 Å². The molecule has 140 valence electrons. The normalized spacial score (nSPS) is 17.1.